The third kappa shape index (κ3) is 1.74. The van der Waals surface area contributed by atoms with Crippen molar-refractivity contribution in [1.82, 2.24) is 19.3 Å². The molecule has 104 valence electrons. The summed E-state index contributed by atoms with van der Waals surface area (Å²) in [5, 5.41) is 4.53. The lowest BCUT2D eigenvalue weighted by Crippen LogP contribution is -2.22. The molecule has 1 saturated carbocycles. The highest BCUT2D eigenvalue weighted by Crippen LogP contribution is 2.36. The van der Waals surface area contributed by atoms with E-state index in [4.69, 9.17) is 10.5 Å². The van der Waals surface area contributed by atoms with Crippen LogP contribution in [-0.4, -0.2) is 32.5 Å². The smallest absolute Gasteiger partial charge is 0.202 e. The molecule has 0 aromatic carbocycles. The molecule has 2 aromatic rings. The summed E-state index contributed by atoms with van der Waals surface area (Å²) in [4.78, 5) is 4.52. The van der Waals surface area contributed by atoms with Gasteiger partial charge in [-0.2, -0.15) is 5.10 Å². The highest BCUT2D eigenvalue weighted by Gasteiger charge is 2.32. The Morgan fingerprint density at radius 1 is 1.42 bits per heavy atom. The highest BCUT2D eigenvalue weighted by molar-refractivity contribution is 5.78. The molecule has 2 N–H and O–H groups in total. The van der Waals surface area contributed by atoms with Crippen molar-refractivity contribution in [2.45, 2.75) is 44.8 Å². The van der Waals surface area contributed by atoms with Crippen LogP contribution >= 0.6 is 0 Å². The van der Waals surface area contributed by atoms with E-state index in [0.717, 1.165) is 36.1 Å². The summed E-state index contributed by atoms with van der Waals surface area (Å²) in [6, 6.07) is 0.273. The fraction of sp³-hybridized carbons (Fsp3) is 0.692. The van der Waals surface area contributed by atoms with Crippen LogP contribution in [0.15, 0.2) is 0 Å². The molecule has 0 bridgehead atoms. The first-order valence-electron chi connectivity index (χ1n) is 6.89. The highest BCUT2D eigenvalue weighted by atomic mass is 16.5. The topological polar surface area (TPSA) is 70.9 Å². The standard InChI is InChI=1S/C13H21N5O/c1-4-8-11-12(17(2)16-8)18(13(14)15-11)9-6-5-7-10(9)19-3/h9-10H,4-7H2,1-3H3,(H2,14,15). The Balaban J connectivity index is 2.17. The van der Waals surface area contributed by atoms with Gasteiger partial charge in [0.15, 0.2) is 5.65 Å². The first-order chi connectivity index (χ1) is 9.17. The maximum atomic E-state index is 6.14. The third-order valence-electron chi connectivity index (χ3n) is 4.15. The van der Waals surface area contributed by atoms with E-state index in [1.165, 1.54) is 6.42 Å². The summed E-state index contributed by atoms with van der Waals surface area (Å²) < 4.78 is 9.60. The minimum absolute atomic E-state index is 0.222. The predicted molar refractivity (Wildman–Crippen MR) is 74.0 cm³/mol. The quantitative estimate of drug-likeness (QED) is 0.914. The Hall–Kier alpha value is -1.56. The summed E-state index contributed by atoms with van der Waals surface area (Å²) in [6.07, 6.45) is 4.42. The van der Waals surface area contributed by atoms with E-state index >= 15 is 0 Å². The number of imidazole rings is 1. The van der Waals surface area contributed by atoms with E-state index in [2.05, 4.69) is 21.6 Å². The van der Waals surface area contributed by atoms with Crippen molar-refractivity contribution in [2.24, 2.45) is 7.05 Å². The van der Waals surface area contributed by atoms with Crippen LogP contribution in [0.2, 0.25) is 0 Å². The monoisotopic (exact) mass is 263 g/mol. The molecule has 2 aromatic heterocycles. The zero-order valence-corrected chi connectivity index (χ0v) is 11.8. The molecule has 6 nitrogen and oxygen atoms in total. The molecule has 2 heterocycles. The van der Waals surface area contributed by atoms with Gasteiger partial charge in [-0.25, -0.2) is 4.98 Å². The minimum atomic E-state index is 0.222. The van der Waals surface area contributed by atoms with Crippen molar-refractivity contribution in [3.63, 3.8) is 0 Å². The molecule has 3 rings (SSSR count). The van der Waals surface area contributed by atoms with Crippen molar-refractivity contribution in [3.8, 4) is 0 Å². The van der Waals surface area contributed by atoms with E-state index in [1.807, 2.05) is 11.7 Å². The van der Waals surface area contributed by atoms with Crippen LogP contribution in [0.3, 0.4) is 0 Å². The number of aromatic nitrogens is 4. The second-order valence-electron chi connectivity index (χ2n) is 5.21. The van der Waals surface area contributed by atoms with Gasteiger partial charge in [-0.15, -0.1) is 0 Å². The van der Waals surface area contributed by atoms with Gasteiger partial charge in [0, 0.05) is 14.2 Å². The zero-order chi connectivity index (χ0) is 13.6. The molecule has 1 fully saturated rings. The van der Waals surface area contributed by atoms with Gasteiger partial charge in [0.25, 0.3) is 0 Å². The van der Waals surface area contributed by atoms with Crippen LogP contribution in [0.4, 0.5) is 5.95 Å². The number of anilines is 1. The Labute approximate surface area is 112 Å². The number of nitrogens with zero attached hydrogens (tertiary/aromatic N) is 4. The molecule has 0 saturated heterocycles. The molecule has 0 amide bonds. The van der Waals surface area contributed by atoms with Gasteiger partial charge in [-0.3, -0.25) is 9.25 Å². The van der Waals surface area contributed by atoms with Gasteiger partial charge in [-0.05, 0) is 25.7 Å². The van der Waals surface area contributed by atoms with Crippen LogP contribution < -0.4 is 5.73 Å². The number of hydrogen-bond acceptors (Lipinski definition) is 4. The first kappa shape index (κ1) is 12.5. The van der Waals surface area contributed by atoms with Crippen molar-refractivity contribution < 1.29 is 4.74 Å². The Morgan fingerprint density at radius 3 is 2.89 bits per heavy atom. The average molecular weight is 263 g/mol. The van der Waals surface area contributed by atoms with Crippen LogP contribution in [0.25, 0.3) is 11.2 Å². The van der Waals surface area contributed by atoms with Crippen LogP contribution in [0, 0.1) is 0 Å². The molecule has 19 heavy (non-hydrogen) atoms. The molecule has 0 aliphatic heterocycles. The number of nitrogen functional groups attached to an aromatic ring is 1. The van der Waals surface area contributed by atoms with Gasteiger partial charge in [0.05, 0.1) is 17.8 Å². The SMILES string of the molecule is CCc1nn(C)c2c1nc(N)n2C1CCCC1OC. The van der Waals surface area contributed by atoms with E-state index in [1.54, 1.807) is 7.11 Å². The lowest BCUT2D eigenvalue weighted by atomic mass is 10.2. The maximum Gasteiger partial charge on any atom is 0.202 e. The fourth-order valence-electron chi connectivity index (χ4n) is 3.26. The van der Waals surface area contributed by atoms with Crippen LogP contribution in [0.5, 0.6) is 0 Å². The molecule has 0 radical (unpaired) electrons. The molecule has 0 spiro atoms. The molecule has 2 unspecified atom stereocenters. The zero-order valence-electron chi connectivity index (χ0n) is 11.8. The van der Waals surface area contributed by atoms with Crippen LogP contribution in [-0.2, 0) is 18.2 Å². The first-order valence-corrected chi connectivity index (χ1v) is 6.89. The van der Waals surface area contributed by atoms with Gasteiger partial charge < -0.3 is 10.5 Å². The summed E-state index contributed by atoms with van der Waals surface area (Å²) in [7, 11) is 3.73. The largest absolute Gasteiger partial charge is 0.379 e. The van der Waals surface area contributed by atoms with Gasteiger partial charge in [-0.1, -0.05) is 6.92 Å². The number of ether oxygens (including phenoxy) is 1. The minimum Gasteiger partial charge on any atom is -0.379 e. The number of hydrogen-bond donors (Lipinski definition) is 1. The number of nitrogens with two attached hydrogens (primary N) is 1. The fourth-order valence-corrected chi connectivity index (χ4v) is 3.26. The Bertz CT molecular complexity index is 600. The number of rotatable bonds is 3. The van der Waals surface area contributed by atoms with Crippen molar-refractivity contribution in [2.75, 3.05) is 12.8 Å². The Kier molecular flexibility index (Phi) is 2.97. The number of aryl methyl sites for hydroxylation is 2. The van der Waals surface area contributed by atoms with Gasteiger partial charge >= 0.3 is 0 Å². The van der Waals surface area contributed by atoms with Crippen molar-refractivity contribution >= 4 is 17.1 Å². The third-order valence-corrected chi connectivity index (χ3v) is 4.15. The normalized spacial score (nSPS) is 23.5. The lowest BCUT2D eigenvalue weighted by molar-refractivity contribution is 0.0765. The number of methoxy groups -OCH3 is 1. The summed E-state index contributed by atoms with van der Waals surface area (Å²) in [6.45, 7) is 2.09. The van der Waals surface area contributed by atoms with Gasteiger partial charge in [0.2, 0.25) is 5.95 Å². The Morgan fingerprint density at radius 2 is 2.21 bits per heavy atom. The van der Waals surface area contributed by atoms with Crippen molar-refractivity contribution in [1.29, 1.82) is 0 Å². The lowest BCUT2D eigenvalue weighted by Gasteiger charge is -2.21. The maximum absolute atomic E-state index is 6.14. The molecular formula is C13H21N5O. The molecular weight excluding hydrogens is 242 g/mol. The summed E-state index contributed by atoms with van der Waals surface area (Å²) in [5.41, 5.74) is 9.10. The van der Waals surface area contributed by atoms with Crippen molar-refractivity contribution in [3.05, 3.63) is 5.69 Å². The van der Waals surface area contributed by atoms with E-state index in [-0.39, 0.29) is 12.1 Å². The van der Waals surface area contributed by atoms with E-state index in [9.17, 15) is 0 Å². The van der Waals surface area contributed by atoms with E-state index in [0.29, 0.717) is 5.95 Å². The number of fused-ring (bicyclic) bond motifs is 1. The molecule has 1 aliphatic rings. The summed E-state index contributed by atoms with van der Waals surface area (Å²) >= 11 is 0. The van der Waals surface area contributed by atoms with Gasteiger partial charge in [0.1, 0.15) is 5.52 Å². The second kappa shape index (κ2) is 4.52. The average Bonchev–Trinajstić information content (AvgIpc) is 3.05. The predicted octanol–water partition coefficient (Wildman–Crippen LogP) is 1.65. The molecule has 6 heteroatoms. The molecule has 2 atom stereocenters. The van der Waals surface area contributed by atoms with E-state index < -0.39 is 0 Å². The molecule has 1 aliphatic carbocycles. The van der Waals surface area contributed by atoms with Crippen LogP contribution in [0.1, 0.15) is 37.9 Å². The summed E-state index contributed by atoms with van der Waals surface area (Å²) in [5.74, 6) is 0.576. The second-order valence-corrected chi connectivity index (χ2v) is 5.21.